The van der Waals surface area contributed by atoms with Crippen LogP contribution in [-0.2, 0) is 7.05 Å². The number of anilines is 1. The van der Waals surface area contributed by atoms with E-state index < -0.39 is 6.03 Å². The van der Waals surface area contributed by atoms with Crippen molar-refractivity contribution in [3.63, 3.8) is 0 Å². The number of nitrogens with zero attached hydrogens (tertiary/aromatic N) is 5. The zero-order valence-electron chi connectivity index (χ0n) is 12.3. The summed E-state index contributed by atoms with van der Waals surface area (Å²) in [5, 5.41) is 6.83. The number of primary amides is 1. The van der Waals surface area contributed by atoms with Crippen LogP contribution in [-0.4, -0.2) is 37.5 Å². The van der Waals surface area contributed by atoms with E-state index in [0.717, 1.165) is 0 Å². The molecule has 3 rings (SSSR count). The number of amides is 2. The van der Waals surface area contributed by atoms with Gasteiger partial charge in [-0.3, -0.25) is 14.7 Å². The third-order valence-corrected chi connectivity index (χ3v) is 3.15. The Kier molecular flexibility index (Phi) is 3.41. The molecule has 0 atom stereocenters. The maximum atomic E-state index is 12.5. The number of ether oxygens (including phenoxy) is 1. The Labute approximate surface area is 129 Å². The summed E-state index contributed by atoms with van der Waals surface area (Å²) in [6, 6.07) is 6.07. The second-order valence-corrected chi connectivity index (χ2v) is 4.62. The summed E-state index contributed by atoms with van der Waals surface area (Å²) < 4.78 is 7.42. The zero-order chi connectivity index (χ0) is 16.6. The molecular formula is C13H13N7O3. The lowest BCUT2D eigenvalue weighted by Crippen LogP contribution is -2.26. The first-order valence-electron chi connectivity index (χ1n) is 6.55. The molecule has 0 saturated heterocycles. The molecule has 23 heavy (non-hydrogen) atoms. The summed E-state index contributed by atoms with van der Waals surface area (Å²) in [6.45, 7) is 0. The summed E-state index contributed by atoms with van der Waals surface area (Å²) in [5.74, 6) is 0.153. The van der Waals surface area contributed by atoms with Crippen molar-refractivity contribution in [1.29, 1.82) is 0 Å². The summed E-state index contributed by atoms with van der Waals surface area (Å²) in [7, 11) is 2.92. The molecule has 3 aromatic rings. The lowest BCUT2D eigenvalue weighted by molar-refractivity contribution is 0.259. The molecule has 0 unspecified atom stereocenters. The topological polar surface area (TPSA) is 130 Å². The molecule has 0 saturated carbocycles. The highest BCUT2D eigenvalue weighted by Gasteiger charge is 2.18. The second-order valence-electron chi connectivity index (χ2n) is 4.62. The van der Waals surface area contributed by atoms with Gasteiger partial charge in [-0.05, 0) is 12.1 Å². The number of fused-ring (bicyclic) bond motifs is 1. The first kappa shape index (κ1) is 14.5. The van der Waals surface area contributed by atoms with Crippen LogP contribution in [0.2, 0.25) is 0 Å². The molecular weight excluding hydrogens is 302 g/mol. The van der Waals surface area contributed by atoms with Gasteiger partial charge in [0.05, 0.1) is 18.0 Å². The van der Waals surface area contributed by atoms with Crippen molar-refractivity contribution in [3.05, 3.63) is 34.6 Å². The van der Waals surface area contributed by atoms with E-state index in [-0.39, 0.29) is 23.5 Å². The van der Waals surface area contributed by atoms with E-state index in [9.17, 15) is 9.59 Å². The van der Waals surface area contributed by atoms with Crippen LogP contribution in [0.3, 0.4) is 0 Å². The van der Waals surface area contributed by atoms with Crippen molar-refractivity contribution in [2.24, 2.45) is 12.8 Å². The number of para-hydroxylation sites is 1. The van der Waals surface area contributed by atoms with Gasteiger partial charge >= 0.3 is 12.0 Å². The molecule has 10 nitrogen and oxygen atoms in total. The van der Waals surface area contributed by atoms with E-state index in [4.69, 9.17) is 10.5 Å². The van der Waals surface area contributed by atoms with E-state index in [0.29, 0.717) is 10.9 Å². The van der Waals surface area contributed by atoms with Gasteiger partial charge in [0.15, 0.2) is 0 Å². The number of methoxy groups -OCH3 is 1. The smallest absolute Gasteiger partial charge is 0.337 e. The van der Waals surface area contributed by atoms with E-state index in [2.05, 4.69) is 20.4 Å². The highest BCUT2D eigenvalue weighted by atomic mass is 16.5. The third kappa shape index (κ3) is 2.46. The Hall–Kier alpha value is -3.43. The van der Waals surface area contributed by atoms with Crippen molar-refractivity contribution in [2.75, 3.05) is 12.4 Å². The fourth-order valence-corrected chi connectivity index (χ4v) is 2.11. The highest BCUT2D eigenvalue weighted by molar-refractivity contribution is 5.86. The number of nitrogens with one attached hydrogen (secondary N) is 1. The maximum Gasteiger partial charge on any atom is 0.337 e. The van der Waals surface area contributed by atoms with Gasteiger partial charge in [-0.25, -0.2) is 9.78 Å². The van der Waals surface area contributed by atoms with E-state index in [1.807, 2.05) is 0 Å². The molecule has 0 aliphatic carbocycles. The maximum absolute atomic E-state index is 12.5. The van der Waals surface area contributed by atoms with Gasteiger partial charge in [0.25, 0.3) is 5.56 Å². The van der Waals surface area contributed by atoms with E-state index in [1.165, 1.54) is 16.4 Å². The highest BCUT2D eigenvalue weighted by Crippen LogP contribution is 2.16. The van der Waals surface area contributed by atoms with Gasteiger partial charge in [-0.15, -0.1) is 5.10 Å². The molecule has 0 fully saturated rings. The van der Waals surface area contributed by atoms with Crippen molar-refractivity contribution >= 4 is 22.9 Å². The second kappa shape index (κ2) is 5.40. The standard InChI is InChI=1S/C13H13N7O3/c1-19-9(21)7-5-3-4-6-8(7)15-13(19)20-11(16-10(14)22)17-12(18-20)23-2/h3-6H,1-2H3,(H3,14,16,17,18,22). The predicted octanol–water partition coefficient (Wildman–Crippen LogP) is 0.0134. The van der Waals surface area contributed by atoms with Gasteiger partial charge in [0.2, 0.25) is 11.9 Å². The van der Waals surface area contributed by atoms with Crippen LogP contribution in [0.1, 0.15) is 0 Å². The van der Waals surface area contributed by atoms with Crippen LogP contribution in [0.5, 0.6) is 6.01 Å². The molecule has 3 N–H and O–H groups in total. The number of benzene rings is 1. The largest absolute Gasteiger partial charge is 0.466 e. The van der Waals surface area contributed by atoms with Crippen molar-refractivity contribution in [3.8, 4) is 12.0 Å². The number of rotatable bonds is 3. The average Bonchev–Trinajstić information content (AvgIpc) is 2.93. The predicted molar refractivity (Wildman–Crippen MR) is 81.7 cm³/mol. The van der Waals surface area contributed by atoms with Crippen LogP contribution in [0.4, 0.5) is 10.7 Å². The Balaban J connectivity index is 2.28. The Morgan fingerprint density at radius 1 is 1.30 bits per heavy atom. The zero-order valence-corrected chi connectivity index (χ0v) is 12.3. The molecule has 1 aromatic carbocycles. The fraction of sp³-hybridized carbons (Fsp3) is 0.154. The normalized spacial score (nSPS) is 10.7. The molecule has 2 aromatic heterocycles. The molecule has 0 radical (unpaired) electrons. The van der Waals surface area contributed by atoms with E-state index >= 15 is 0 Å². The molecule has 0 bridgehead atoms. The molecule has 2 amide bonds. The van der Waals surface area contributed by atoms with Crippen molar-refractivity contribution < 1.29 is 9.53 Å². The van der Waals surface area contributed by atoms with Gasteiger partial charge in [0, 0.05) is 7.05 Å². The molecule has 10 heteroatoms. The number of urea groups is 1. The number of carbonyl (C=O) groups excluding carboxylic acids is 1. The van der Waals surface area contributed by atoms with Crippen LogP contribution >= 0.6 is 0 Å². The van der Waals surface area contributed by atoms with Crippen LogP contribution in [0.15, 0.2) is 29.1 Å². The first-order chi connectivity index (χ1) is 11.0. The van der Waals surface area contributed by atoms with Gasteiger partial charge in [-0.1, -0.05) is 12.1 Å². The third-order valence-electron chi connectivity index (χ3n) is 3.15. The molecule has 0 spiro atoms. The number of nitrogens with two attached hydrogens (primary N) is 1. The van der Waals surface area contributed by atoms with Crippen LogP contribution < -0.4 is 21.3 Å². The van der Waals surface area contributed by atoms with Crippen LogP contribution in [0, 0.1) is 0 Å². The molecule has 2 heterocycles. The van der Waals surface area contributed by atoms with Crippen molar-refractivity contribution in [1.82, 2.24) is 24.3 Å². The number of hydrogen-bond donors (Lipinski definition) is 2. The average molecular weight is 315 g/mol. The summed E-state index contributed by atoms with van der Waals surface area (Å²) in [6.07, 6.45) is 0. The quantitative estimate of drug-likeness (QED) is 0.700. The van der Waals surface area contributed by atoms with Crippen LogP contribution in [0.25, 0.3) is 16.9 Å². The van der Waals surface area contributed by atoms with Gasteiger partial charge < -0.3 is 10.5 Å². The van der Waals surface area contributed by atoms with Gasteiger partial charge in [0.1, 0.15) is 0 Å². The number of aromatic nitrogens is 5. The summed E-state index contributed by atoms with van der Waals surface area (Å²) in [5.41, 5.74) is 5.35. The van der Waals surface area contributed by atoms with E-state index in [1.54, 1.807) is 31.3 Å². The summed E-state index contributed by atoms with van der Waals surface area (Å²) >= 11 is 0. The van der Waals surface area contributed by atoms with Crippen molar-refractivity contribution in [2.45, 2.75) is 0 Å². The monoisotopic (exact) mass is 315 g/mol. The minimum atomic E-state index is -0.827. The number of hydrogen-bond acceptors (Lipinski definition) is 6. The minimum absolute atomic E-state index is 0.00356. The SMILES string of the molecule is COc1nc(NC(N)=O)n(-c2nc3ccccc3c(=O)n2C)n1. The summed E-state index contributed by atoms with van der Waals surface area (Å²) in [4.78, 5) is 31.9. The lowest BCUT2D eigenvalue weighted by atomic mass is 10.2. The van der Waals surface area contributed by atoms with Gasteiger partial charge in [-0.2, -0.15) is 9.67 Å². The fourth-order valence-electron chi connectivity index (χ4n) is 2.11. The Morgan fingerprint density at radius 3 is 2.74 bits per heavy atom. The minimum Gasteiger partial charge on any atom is -0.466 e. The Bertz CT molecular complexity index is 960. The molecule has 118 valence electrons. The number of carbonyl (C=O) groups is 1. The first-order valence-corrected chi connectivity index (χ1v) is 6.55. The molecule has 0 aliphatic heterocycles. The lowest BCUT2D eigenvalue weighted by Gasteiger charge is -2.10. The Morgan fingerprint density at radius 2 is 2.04 bits per heavy atom. The molecule has 0 aliphatic rings.